The average molecular weight is 392 g/mol. The van der Waals surface area contributed by atoms with Crippen molar-refractivity contribution < 1.29 is 0 Å². The normalized spacial score (nSPS) is 16.5. The van der Waals surface area contributed by atoms with Gasteiger partial charge in [-0.3, -0.25) is 4.68 Å². The highest BCUT2D eigenvalue weighted by Crippen LogP contribution is 2.25. The first-order valence-electron chi connectivity index (χ1n) is 10.0. The lowest BCUT2D eigenvalue weighted by Gasteiger charge is -2.35. The van der Waals surface area contributed by atoms with Crippen molar-refractivity contribution in [1.82, 2.24) is 9.78 Å². The maximum Gasteiger partial charge on any atom is 0.0568 e. The summed E-state index contributed by atoms with van der Waals surface area (Å²) in [5.41, 5.74) is 3.63. The molecule has 4 rings (SSSR count). The van der Waals surface area contributed by atoms with E-state index >= 15 is 0 Å². The topological polar surface area (TPSA) is 21.1 Å². The van der Waals surface area contributed by atoms with Crippen LogP contribution in [0.2, 0.25) is 5.02 Å². The van der Waals surface area contributed by atoms with Gasteiger partial charge in [0.05, 0.1) is 6.20 Å². The smallest absolute Gasteiger partial charge is 0.0568 e. The van der Waals surface area contributed by atoms with E-state index in [1.54, 1.807) is 0 Å². The molecule has 0 saturated heterocycles. The van der Waals surface area contributed by atoms with Crippen LogP contribution in [0.4, 0.5) is 5.69 Å². The van der Waals surface area contributed by atoms with Crippen molar-refractivity contribution in [3.63, 3.8) is 0 Å². The number of para-hydroxylation sites is 1. The number of nitrogens with zero attached hydrogens (tertiary/aromatic N) is 3. The molecule has 0 N–H and O–H groups in total. The van der Waals surface area contributed by atoms with E-state index in [4.69, 9.17) is 11.6 Å². The second kappa shape index (κ2) is 9.11. The summed E-state index contributed by atoms with van der Waals surface area (Å²) < 4.78 is 2.06. The van der Waals surface area contributed by atoms with Gasteiger partial charge in [-0.25, -0.2) is 0 Å². The maximum absolute atomic E-state index is 5.97. The fourth-order valence-electron chi connectivity index (χ4n) is 3.86. The van der Waals surface area contributed by atoms with Crippen LogP contribution in [0.1, 0.15) is 25.7 Å². The molecule has 0 amide bonds. The SMILES string of the molecule is Clc1ccc(-c2cnn(CCCCC3CC=CCN3c3ccccc3)c2)cc1. The third-order valence-electron chi connectivity index (χ3n) is 5.39. The average Bonchev–Trinajstić information content (AvgIpc) is 3.22. The minimum absolute atomic E-state index is 0.592. The van der Waals surface area contributed by atoms with Crippen LogP contribution in [-0.2, 0) is 6.54 Å². The van der Waals surface area contributed by atoms with Crippen molar-refractivity contribution in [3.05, 3.63) is 84.2 Å². The fraction of sp³-hybridized carbons (Fsp3) is 0.292. The van der Waals surface area contributed by atoms with Crippen molar-refractivity contribution in [2.45, 2.75) is 38.3 Å². The summed E-state index contributed by atoms with van der Waals surface area (Å²) in [5, 5.41) is 5.29. The number of benzene rings is 2. The van der Waals surface area contributed by atoms with E-state index in [1.165, 1.54) is 18.5 Å². The Hall–Kier alpha value is -2.52. The highest BCUT2D eigenvalue weighted by Gasteiger charge is 2.19. The number of unbranched alkanes of at least 4 members (excludes halogenated alkanes) is 1. The number of rotatable bonds is 7. The van der Waals surface area contributed by atoms with E-state index in [0.29, 0.717) is 6.04 Å². The molecule has 3 aromatic rings. The van der Waals surface area contributed by atoms with Gasteiger partial charge in [0.2, 0.25) is 0 Å². The zero-order chi connectivity index (χ0) is 19.2. The molecular formula is C24H26ClN3. The summed E-state index contributed by atoms with van der Waals surface area (Å²) in [6.07, 6.45) is 13.4. The van der Waals surface area contributed by atoms with Crippen LogP contribution in [0.3, 0.4) is 0 Å². The van der Waals surface area contributed by atoms with Crippen LogP contribution < -0.4 is 4.90 Å². The lowest BCUT2D eigenvalue weighted by atomic mass is 10.0. The van der Waals surface area contributed by atoms with Gasteiger partial charge < -0.3 is 4.90 Å². The number of aromatic nitrogens is 2. The molecule has 1 aliphatic rings. The zero-order valence-electron chi connectivity index (χ0n) is 16.0. The summed E-state index contributed by atoms with van der Waals surface area (Å²) in [4.78, 5) is 2.53. The standard InChI is InChI=1S/C24H26ClN3/c25-22-14-12-20(13-15-22)21-18-26-27(19-21)16-6-4-10-24-11-5-7-17-28(24)23-8-2-1-3-9-23/h1-3,5,7-9,12-15,18-19,24H,4,6,10-11,16-17H2. The third kappa shape index (κ3) is 4.66. The van der Waals surface area contributed by atoms with Crippen molar-refractivity contribution in [3.8, 4) is 11.1 Å². The summed E-state index contributed by atoms with van der Waals surface area (Å²) in [6.45, 7) is 1.97. The van der Waals surface area contributed by atoms with E-state index in [1.807, 2.05) is 30.5 Å². The number of hydrogen-bond acceptors (Lipinski definition) is 2. The van der Waals surface area contributed by atoms with Gasteiger partial charge in [0, 0.05) is 41.6 Å². The molecule has 0 aliphatic carbocycles. The lowest BCUT2D eigenvalue weighted by Crippen LogP contribution is -2.37. The molecule has 2 heterocycles. The summed E-state index contributed by atoms with van der Waals surface area (Å²) in [7, 11) is 0. The monoisotopic (exact) mass is 391 g/mol. The molecule has 0 bridgehead atoms. The first kappa shape index (κ1) is 18.8. The number of hydrogen-bond donors (Lipinski definition) is 0. The van der Waals surface area contributed by atoms with Gasteiger partial charge in [0.25, 0.3) is 0 Å². The van der Waals surface area contributed by atoms with Crippen LogP contribution in [-0.4, -0.2) is 22.4 Å². The quantitative estimate of drug-likeness (QED) is 0.352. The Morgan fingerprint density at radius 3 is 2.57 bits per heavy atom. The molecule has 0 radical (unpaired) electrons. The zero-order valence-corrected chi connectivity index (χ0v) is 16.8. The Balaban J connectivity index is 1.28. The van der Waals surface area contributed by atoms with Crippen molar-refractivity contribution >= 4 is 17.3 Å². The van der Waals surface area contributed by atoms with Crippen LogP contribution in [0.5, 0.6) is 0 Å². The Bertz CT molecular complexity index is 899. The molecule has 1 aliphatic heterocycles. The van der Waals surface area contributed by atoms with Gasteiger partial charge in [-0.1, -0.05) is 54.1 Å². The molecule has 2 aromatic carbocycles. The van der Waals surface area contributed by atoms with Crippen molar-refractivity contribution in [2.75, 3.05) is 11.4 Å². The lowest BCUT2D eigenvalue weighted by molar-refractivity contribution is 0.488. The minimum Gasteiger partial charge on any atom is -0.365 e. The molecule has 0 saturated carbocycles. The first-order chi connectivity index (χ1) is 13.8. The van der Waals surface area contributed by atoms with E-state index in [0.717, 1.165) is 42.1 Å². The first-order valence-corrected chi connectivity index (χ1v) is 10.4. The van der Waals surface area contributed by atoms with E-state index in [-0.39, 0.29) is 0 Å². The Kier molecular flexibility index (Phi) is 6.13. The molecule has 1 atom stereocenters. The van der Waals surface area contributed by atoms with Crippen molar-refractivity contribution in [2.24, 2.45) is 0 Å². The summed E-state index contributed by atoms with van der Waals surface area (Å²) >= 11 is 5.97. The second-order valence-electron chi connectivity index (χ2n) is 7.34. The molecule has 1 unspecified atom stereocenters. The Morgan fingerprint density at radius 1 is 0.929 bits per heavy atom. The largest absolute Gasteiger partial charge is 0.365 e. The molecule has 144 valence electrons. The molecule has 0 spiro atoms. The number of anilines is 1. The minimum atomic E-state index is 0.592. The molecule has 1 aromatic heterocycles. The van der Waals surface area contributed by atoms with Gasteiger partial charge in [0.15, 0.2) is 0 Å². The third-order valence-corrected chi connectivity index (χ3v) is 5.64. The van der Waals surface area contributed by atoms with E-state index < -0.39 is 0 Å². The van der Waals surface area contributed by atoms with Crippen LogP contribution >= 0.6 is 11.6 Å². The predicted molar refractivity (Wildman–Crippen MR) is 118 cm³/mol. The number of halogens is 1. The predicted octanol–water partition coefficient (Wildman–Crippen LogP) is 6.21. The fourth-order valence-corrected chi connectivity index (χ4v) is 3.98. The van der Waals surface area contributed by atoms with Gasteiger partial charge in [0.1, 0.15) is 0 Å². The Labute approximate surface area is 172 Å². The summed E-state index contributed by atoms with van der Waals surface area (Å²) in [6, 6.07) is 19.3. The highest BCUT2D eigenvalue weighted by molar-refractivity contribution is 6.30. The van der Waals surface area contributed by atoms with Crippen LogP contribution in [0, 0.1) is 0 Å². The molecule has 4 heteroatoms. The highest BCUT2D eigenvalue weighted by atomic mass is 35.5. The van der Waals surface area contributed by atoms with Crippen LogP contribution in [0.15, 0.2) is 79.1 Å². The van der Waals surface area contributed by atoms with E-state index in [2.05, 4.69) is 63.4 Å². The Morgan fingerprint density at radius 2 is 1.75 bits per heavy atom. The molecular weight excluding hydrogens is 366 g/mol. The van der Waals surface area contributed by atoms with Gasteiger partial charge in [-0.05, 0) is 55.5 Å². The maximum atomic E-state index is 5.97. The van der Waals surface area contributed by atoms with Gasteiger partial charge in [-0.15, -0.1) is 0 Å². The van der Waals surface area contributed by atoms with Crippen LogP contribution in [0.25, 0.3) is 11.1 Å². The van der Waals surface area contributed by atoms with Gasteiger partial charge in [-0.2, -0.15) is 5.10 Å². The molecule has 3 nitrogen and oxygen atoms in total. The molecule has 0 fully saturated rings. The van der Waals surface area contributed by atoms with Crippen molar-refractivity contribution in [1.29, 1.82) is 0 Å². The molecule has 28 heavy (non-hydrogen) atoms. The summed E-state index contributed by atoms with van der Waals surface area (Å²) in [5.74, 6) is 0. The number of aryl methyl sites for hydroxylation is 1. The van der Waals surface area contributed by atoms with Gasteiger partial charge >= 0.3 is 0 Å². The van der Waals surface area contributed by atoms with E-state index in [9.17, 15) is 0 Å². The second-order valence-corrected chi connectivity index (χ2v) is 7.78.